The number of carboxylic acid groups (broad SMARTS) is 1. The number of carbonyl (C=O) groups is 2. The Labute approximate surface area is 308 Å². The van der Waals surface area contributed by atoms with E-state index in [2.05, 4.69) is 23.2 Å². The minimum absolute atomic E-state index is 0. The average Bonchev–Trinajstić information content (AvgIpc) is 3.75. The summed E-state index contributed by atoms with van der Waals surface area (Å²) in [6, 6.07) is 7.68. The molecule has 0 unspecified atom stereocenters. The van der Waals surface area contributed by atoms with E-state index in [9.17, 15) is 14.7 Å². The summed E-state index contributed by atoms with van der Waals surface area (Å²) in [5.74, 6) is -1.29. The van der Waals surface area contributed by atoms with Crippen molar-refractivity contribution in [1.29, 1.82) is 0 Å². The standard InChI is InChI=1S/C38H40N7O5.Zn/c1-7-25-21(3)29-17-30-24(6)28(10-12-38(48)50-16-15-49-14-13-40-45-39)36(43-30)20-35-27(9-11-37(46)47)23(5)32(44-35)19-34-26(8-2)22(4)31(42-34)18-33(25)41-29;/h7-8,17-20H,1-2,9-16H2,3-6H3,(H2-,41,42,43,44,46,47);/q-1;+2/p-1. The van der Waals surface area contributed by atoms with E-state index in [0.717, 1.165) is 61.6 Å². The molecule has 2 aliphatic rings. The van der Waals surface area contributed by atoms with Gasteiger partial charge in [0.15, 0.2) is 0 Å². The predicted octanol–water partition coefficient (Wildman–Crippen LogP) is 7.24. The molecular formula is C38H39N7O5Zn. The Bertz CT molecular complexity index is 2170. The van der Waals surface area contributed by atoms with Crippen molar-refractivity contribution in [2.75, 3.05) is 26.4 Å². The summed E-state index contributed by atoms with van der Waals surface area (Å²) in [5.41, 5.74) is 21.0. The summed E-state index contributed by atoms with van der Waals surface area (Å²) in [4.78, 5) is 47.0. The van der Waals surface area contributed by atoms with Crippen LogP contribution in [0.15, 0.2) is 54.7 Å². The molecule has 0 radical (unpaired) electrons. The number of carbonyl (C=O) groups excluding carboxylic acids is 1. The molecule has 51 heavy (non-hydrogen) atoms. The third kappa shape index (κ3) is 8.63. The number of ether oxygens (including phenoxy) is 2. The molecule has 5 rings (SSSR count). The van der Waals surface area contributed by atoms with Crippen LogP contribution in [0.5, 0.6) is 0 Å². The van der Waals surface area contributed by atoms with E-state index in [4.69, 9.17) is 34.9 Å². The van der Waals surface area contributed by atoms with Gasteiger partial charge in [-0.2, -0.15) is 0 Å². The number of aromatic nitrogens is 4. The van der Waals surface area contributed by atoms with Crippen LogP contribution in [0.3, 0.4) is 0 Å². The number of rotatable bonds is 14. The van der Waals surface area contributed by atoms with Crippen LogP contribution in [0.4, 0.5) is 0 Å². The number of esters is 1. The first kappa shape index (κ1) is 38.7. The van der Waals surface area contributed by atoms with Crippen LogP contribution in [0.25, 0.3) is 54.8 Å². The Kier molecular flexibility index (Phi) is 13.1. The van der Waals surface area contributed by atoms with Crippen molar-refractivity contribution in [3.63, 3.8) is 0 Å². The SMILES string of the molecule is C=CC1=C(C)c2cc3[n-]c(cc4[n-]c(cc5nc(cc1n2)C(C)=C5C=C)c(C)c4CCC(=O)O)c(CCC(=O)OCCOCCN=[N+]=[N-])c3C.[Zn+2]. The normalized spacial score (nSPS) is 12.3. The maximum atomic E-state index is 12.7. The van der Waals surface area contributed by atoms with Gasteiger partial charge in [0.2, 0.25) is 0 Å². The molecular weight excluding hydrogens is 700 g/mol. The molecule has 0 spiro atoms. The zero-order valence-corrected chi connectivity index (χ0v) is 32.4. The molecule has 0 saturated heterocycles. The Morgan fingerprint density at radius 2 is 1.33 bits per heavy atom. The van der Waals surface area contributed by atoms with Crippen molar-refractivity contribution in [1.82, 2.24) is 19.9 Å². The smallest absolute Gasteiger partial charge is 0.657 e. The van der Waals surface area contributed by atoms with E-state index in [1.165, 1.54) is 0 Å². The third-order valence-electron chi connectivity index (χ3n) is 8.94. The van der Waals surface area contributed by atoms with Gasteiger partial charge in [-0.15, -0.1) is 22.1 Å². The zero-order chi connectivity index (χ0) is 35.9. The van der Waals surface area contributed by atoms with Gasteiger partial charge in [-0.05, 0) is 63.3 Å². The van der Waals surface area contributed by atoms with Gasteiger partial charge in [0.1, 0.15) is 6.61 Å². The topological polar surface area (TPSA) is 176 Å². The fourth-order valence-electron chi connectivity index (χ4n) is 6.15. The molecule has 258 valence electrons. The minimum Gasteiger partial charge on any atom is -0.657 e. The van der Waals surface area contributed by atoms with E-state index in [1.807, 2.05) is 52.0 Å². The Morgan fingerprint density at radius 1 is 0.804 bits per heavy atom. The quantitative estimate of drug-likeness (QED) is 0.0446. The fourth-order valence-corrected chi connectivity index (χ4v) is 6.15. The molecule has 0 aromatic carbocycles. The Hall–Kier alpha value is -5.09. The summed E-state index contributed by atoms with van der Waals surface area (Å²) in [6.45, 7) is 16.7. The first-order chi connectivity index (χ1) is 24.1. The molecule has 3 aromatic heterocycles. The van der Waals surface area contributed by atoms with Gasteiger partial charge in [-0.25, -0.2) is 9.97 Å². The van der Waals surface area contributed by atoms with Gasteiger partial charge in [-0.1, -0.05) is 70.9 Å². The Morgan fingerprint density at radius 3 is 1.88 bits per heavy atom. The van der Waals surface area contributed by atoms with Crippen LogP contribution in [0, 0.1) is 13.8 Å². The van der Waals surface area contributed by atoms with Gasteiger partial charge in [0, 0.05) is 35.4 Å². The molecule has 13 heteroatoms. The number of hydrogen-bond acceptors (Lipinski definition) is 7. The number of aryl methyl sites for hydroxylation is 4. The second kappa shape index (κ2) is 17.2. The molecule has 0 amide bonds. The average molecular weight is 739 g/mol. The molecule has 0 atom stereocenters. The van der Waals surface area contributed by atoms with E-state index in [0.29, 0.717) is 34.2 Å². The molecule has 8 bridgehead atoms. The number of azide groups is 1. The van der Waals surface area contributed by atoms with Gasteiger partial charge in [0.25, 0.3) is 0 Å². The van der Waals surface area contributed by atoms with Crippen LogP contribution < -0.4 is 9.97 Å². The summed E-state index contributed by atoms with van der Waals surface area (Å²) in [5, 5.41) is 13.0. The number of hydrogen-bond donors (Lipinski definition) is 1. The van der Waals surface area contributed by atoms with E-state index in [1.54, 1.807) is 12.2 Å². The summed E-state index contributed by atoms with van der Waals surface area (Å²) >= 11 is 0. The largest absolute Gasteiger partial charge is 2.00 e. The van der Waals surface area contributed by atoms with Gasteiger partial charge >= 0.3 is 31.4 Å². The van der Waals surface area contributed by atoms with Crippen molar-refractivity contribution in [3.8, 4) is 0 Å². The zero-order valence-electron chi connectivity index (χ0n) is 29.5. The second-order valence-corrected chi connectivity index (χ2v) is 12.0. The molecule has 0 aliphatic carbocycles. The number of fused-ring (bicyclic) bond motifs is 8. The van der Waals surface area contributed by atoms with Crippen LogP contribution >= 0.6 is 0 Å². The molecule has 1 N–H and O–H groups in total. The maximum absolute atomic E-state index is 12.7. The van der Waals surface area contributed by atoms with E-state index < -0.39 is 5.97 Å². The number of nitrogens with zero attached hydrogens (tertiary/aromatic N) is 7. The molecule has 2 aliphatic heterocycles. The number of carboxylic acids is 1. The van der Waals surface area contributed by atoms with Crippen LogP contribution in [0.1, 0.15) is 71.7 Å². The van der Waals surface area contributed by atoms with Crippen LogP contribution in [-0.4, -0.2) is 53.4 Å². The number of aliphatic carboxylic acids is 1. The van der Waals surface area contributed by atoms with Crippen molar-refractivity contribution in [2.24, 2.45) is 5.11 Å². The summed E-state index contributed by atoms with van der Waals surface area (Å²) < 4.78 is 10.7. The first-order valence-electron chi connectivity index (χ1n) is 16.3. The second-order valence-electron chi connectivity index (χ2n) is 12.0. The first-order valence-corrected chi connectivity index (χ1v) is 16.3. The monoisotopic (exact) mass is 737 g/mol. The third-order valence-corrected chi connectivity index (χ3v) is 8.94. The van der Waals surface area contributed by atoms with Crippen molar-refractivity contribution >= 4 is 56.3 Å². The van der Waals surface area contributed by atoms with E-state index >= 15 is 0 Å². The van der Waals surface area contributed by atoms with Gasteiger partial charge in [-0.3, -0.25) is 9.59 Å². The van der Waals surface area contributed by atoms with Crippen LogP contribution in [0.2, 0.25) is 0 Å². The summed E-state index contributed by atoms with van der Waals surface area (Å²) in [7, 11) is 0. The fraction of sp³-hybridized carbons (Fsp3) is 0.316. The number of allylic oxidation sites excluding steroid dienone is 6. The van der Waals surface area contributed by atoms with Crippen molar-refractivity contribution in [3.05, 3.63) is 105 Å². The van der Waals surface area contributed by atoms with Crippen LogP contribution in [-0.2, 0) is 51.4 Å². The molecule has 5 heterocycles. The molecule has 0 fully saturated rings. The minimum atomic E-state index is -0.905. The maximum Gasteiger partial charge on any atom is 2.00 e. The Balaban J connectivity index is 0.00000583. The van der Waals surface area contributed by atoms with E-state index in [-0.39, 0.29) is 71.1 Å². The molecule has 0 saturated carbocycles. The summed E-state index contributed by atoms with van der Waals surface area (Å²) in [6.07, 6.45) is 4.25. The van der Waals surface area contributed by atoms with Crippen molar-refractivity contribution < 1.29 is 43.6 Å². The molecule has 3 aromatic rings. The van der Waals surface area contributed by atoms with Crippen molar-refractivity contribution in [2.45, 2.75) is 53.4 Å². The van der Waals surface area contributed by atoms with Gasteiger partial charge < -0.3 is 24.5 Å². The van der Waals surface area contributed by atoms with Gasteiger partial charge in [0.05, 0.1) is 36.0 Å². The molecule has 12 nitrogen and oxygen atoms in total. The predicted molar refractivity (Wildman–Crippen MR) is 194 cm³/mol.